The Bertz CT molecular complexity index is 448. The lowest BCUT2D eigenvalue weighted by Gasteiger charge is -2.10. The van der Waals surface area contributed by atoms with E-state index < -0.39 is 29.0 Å². The molecule has 106 valence electrons. The van der Waals surface area contributed by atoms with Crippen LogP contribution in [0.5, 0.6) is 0 Å². The number of rotatable bonds is 5. The van der Waals surface area contributed by atoms with Crippen molar-refractivity contribution in [3.8, 4) is 0 Å². The van der Waals surface area contributed by atoms with Crippen LogP contribution >= 0.6 is 11.6 Å². The molecule has 0 aliphatic rings. The fraction of sp³-hybridized carbons (Fsp3) is 0.417. The Labute approximate surface area is 112 Å². The van der Waals surface area contributed by atoms with Crippen LogP contribution in [0.2, 0.25) is 0 Å². The third-order valence-corrected chi connectivity index (χ3v) is 2.65. The van der Waals surface area contributed by atoms with Crippen LogP contribution in [0.15, 0.2) is 18.2 Å². The van der Waals surface area contributed by atoms with Crippen LogP contribution in [0.4, 0.5) is 17.6 Å². The average molecular weight is 298 g/mol. The van der Waals surface area contributed by atoms with Crippen molar-refractivity contribution >= 4 is 17.5 Å². The number of alkyl halides is 4. The second-order valence-corrected chi connectivity index (χ2v) is 4.22. The Kier molecular flexibility index (Phi) is 5.60. The van der Waals surface area contributed by atoms with Gasteiger partial charge in [-0.2, -0.15) is 13.2 Å². The monoisotopic (exact) mass is 297 g/mol. The largest absolute Gasteiger partial charge is 0.416 e. The fourth-order valence-electron chi connectivity index (χ4n) is 1.39. The summed E-state index contributed by atoms with van der Waals surface area (Å²) in [4.78, 5) is 11.6. The molecule has 0 heterocycles. The summed E-state index contributed by atoms with van der Waals surface area (Å²) in [6.07, 6.45) is -3.37. The first-order chi connectivity index (χ1) is 8.86. The molecule has 0 spiro atoms. The summed E-state index contributed by atoms with van der Waals surface area (Å²) in [6.45, 7) is 0.237. The van der Waals surface area contributed by atoms with Gasteiger partial charge in [0.2, 0.25) is 0 Å². The highest BCUT2D eigenvalue weighted by Crippen LogP contribution is 2.30. The third kappa shape index (κ3) is 4.70. The summed E-state index contributed by atoms with van der Waals surface area (Å²) in [5, 5.41) is 2.35. The maximum absolute atomic E-state index is 13.3. The smallest absolute Gasteiger partial charge is 0.352 e. The van der Waals surface area contributed by atoms with Gasteiger partial charge in [-0.25, -0.2) is 4.39 Å². The van der Waals surface area contributed by atoms with Crippen molar-refractivity contribution in [3.05, 3.63) is 35.1 Å². The highest BCUT2D eigenvalue weighted by Gasteiger charge is 2.31. The van der Waals surface area contributed by atoms with E-state index in [0.717, 1.165) is 0 Å². The Morgan fingerprint density at radius 2 is 1.95 bits per heavy atom. The molecule has 1 rings (SSSR count). The summed E-state index contributed by atoms with van der Waals surface area (Å²) in [7, 11) is 0. The van der Waals surface area contributed by atoms with E-state index in [0.29, 0.717) is 36.9 Å². The molecule has 0 saturated carbocycles. The number of amides is 1. The molecule has 0 fully saturated rings. The minimum atomic E-state index is -4.61. The predicted octanol–water partition coefficient (Wildman–Crippen LogP) is 3.59. The predicted molar refractivity (Wildman–Crippen MR) is 63.7 cm³/mol. The molecule has 1 N–H and O–H groups in total. The van der Waals surface area contributed by atoms with Gasteiger partial charge in [0.15, 0.2) is 0 Å². The van der Waals surface area contributed by atoms with Crippen molar-refractivity contribution in [3.63, 3.8) is 0 Å². The average Bonchev–Trinajstić information content (AvgIpc) is 2.33. The van der Waals surface area contributed by atoms with Gasteiger partial charge in [0.05, 0.1) is 11.1 Å². The van der Waals surface area contributed by atoms with E-state index >= 15 is 0 Å². The van der Waals surface area contributed by atoms with Gasteiger partial charge in [0.25, 0.3) is 5.91 Å². The van der Waals surface area contributed by atoms with E-state index in [1.165, 1.54) is 0 Å². The van der Waals surface area contributed by atoms with Crippen LogP contribution in [0, 0.1) is 5.82 Å². The van der Waals surface area contributed by atoms with Gasteiger partial charge in [-0.05, 0) is 31.0 Å². The molecule has 0 aliphatic carbocycles. The molecule has 0 unspecified atom stereocenters. The molecule has 0 saturated heterocycles. The Hall–Kier alpha value is -1.30. The standard InChI is InChI=1S/C12H12ClF4NO/c13-5-1-2-6-18-11(19)9-7-8(12(15,16)17)3-4-10(9)14/h3-4,7H,1-2,5-6H2,(H,18,19). The fourth-order valence-corrected chi connectivity index (χ4v) is 1.58. The summed E-state index contributed by atoms with van der Waals surface area (Å²) >= 11 is 5.43. The molecular weight excluding hydrogens is 286 g/mol. The van der Waals surface area contributed by atoms with Crippen molar-refractivity contribution in [2.75, 3.05) is 12.4 Å². The van der Waals surface area contributed by atoms with Gasteiger partial charge >= 0.3 is 6.18 Å². The highest BCUT2D eigenvalue weighted by atomic mass is 35.5. The van der Waals surface area contributed by atoms with E-state index in [9.17, 15) is 22.4 Å². The molecule has 0 bridgehead atoms. The second-order valence-electron chi connectivity index (χ2n) is 3.84. The maximum atomic E-state index is 13.3. The number of carbonyl (C=O) groups is 1. The van der Waals surface area contributed by atoms with Crippen LogP contribution in [0.3, 0.4) is 0 Å². The highest BCUT2D eigenvalue weighted by molar-refractivity contribution is 6.17. The number of benzene rings is 1. The lowest BCUT2D eigenvalue weighted by atomic mass is 10.1. The first kappa shape index (κ1) is 15.8. The third-order valence-electron chi connectivity index (χ3n) is 2.38. The van der Waals surface area contributed by atoms with Crippen molar-refractivity contribution in [2.24, 2.45) is 0 Å². The Balaban J connectivity index is 2.78. The molecule has 1 amide bonds. The van der Waals surface area contributed by atoms with E-state index in [1.54, 1.807) is 0 Å². The lowest BCUT2D eigenvalue weighted by molar-refractivity contribution is -0.137. The van der Waals surface area contributed by atoms with Crippen LogP contribution in [-0.2, 0) is 6.18 Å². The van der Waals surface area contributed by atoms with Gasteiger partial charge < -0.3 is 5.32 Å². The summed E-state index contributed by atoms with van der Waals surface area (Å²) < 4.78 is 50.7. The van der Waals surface area contributed by atoms with E-state index in [4.69, 9.17) is 11.6 Å². The molecule has 0 atom stereocenters. The summed E-state index contributed by atoms with van der Waals surface area (Å²) in [5.74, 6) is -1.42. The minimum Gasteiger partial charge on any atom is -0.352 e. The number of hydrogen-bond donors (Lipinski definition) is 1. The SMILES string of the molecule is O=C(NCCCCCl)c1cc(C(F)(F)F)ccc1F. The first-order valence-corrected chi connectivity index (χ1v) is 6.10. The van der Waals surface area contributed by atoms with E-state index in [1.807, 2.05) is 0 Å². The second kappa shape index (κ2) is 6.75. The molecule has 0 aromatic heterocycles. The zero-order valence-corrected chi connectivity index (χ0v) is 10.6. The topological polar surface area (TPSA) is 29.1 Å². The number of hydrogen-bond acceptors (Lipinski definition) is 1. The number of unbranched alkanes of at least 4 members (excludes halogenated alkanes) is 1. The Morgan fingerprint density at radius 3 is 2.53 bits per heavy atom. The summed E-state index contributed by atoms with van der Waals surface area (Å²) in [5.41, 5.74) is -1.67. The van der Waals surface area contributed by atoms with Gasteiger partial charge in [0, 0.05) is 12.4 Å². The molecule has 2 nitrogen and oxygen atoms in total. The molecule has 1 aromatic rings. The number of nitrogens with one attached hydrogen (secondary N) is 1. The van der Waals surface area contributed by atoms with Crippen LogP contribution < -0.4 is 5.32 Å². The van der Waals surface area contributed by atoms with Crippen LogP contribution in [0.25, 0.3) is 0 Å². The zero-order valence-electron chi connectivity index (χ0n) is 9.86. The minimum absolute atomic E-state index is 0.237. The van der Waals surface area contributed by atoms with Gasteiger partial charge in [-0.15, -0.1) is 11.6 Å². The first-order valence-electron chi connectivity index (χ1n) is 5.57. The quantitative estimate of drug-likeness (QED) is 0.502. The van der Waals surface area contributed by atoms with E-state index in [-0.39, 0.29) is 6.54 Å². The van der Waals surface area contributed by atoms with Crippen molar-refractivity contribution in [1.29, 1.82) is 0 Å². The van der Waals surface area contributed by atoms with Crippen molar-refractivity contribution < 1.29 is 22.4 Å². The molecule has 0 aliphatic heterocycles. The van der Waals surface area contributed by atoms with Gasteiger partial charge in [-0.3, -0.25) is 4.79 Å². The van der Waals surface area contributed by atoms with Crippen molar-refractivity contribution in [2.45, 2.75) is 19.0 Å². The zero-order chi connectivity index (χ0) is 14.5. The molecule has 0 radical (unpaired) electrons. The summed E-state index contributed by atoms with van der Waals surface area (Å²) in [6, 6.07) is 1.74. The normalized spacial score (nSPS) is 11.4. The Morgan fingerprint density at radius 1 is 1.26 bits per heavy atom. The van der Waals surface area contributed by atoms with Crippen molar-refractivity contribution in [1.82, 2.24) is 5.32 Å². The molecule has 19 heavy (non-hydrogen) atoms. The van der Waals surface area contributed by atoms with E-state index in [2.05, 4.69) is 5.32 Å². The number of carbonyl (C=O) groups excluding carboxylic acids is 1. The molecule has 1 aromatic carbocycles. The molecule has 7 heteroatoms. The van der Waals surface area contributed by atoms with Gasteiger partial charge in [-0.1, -0.05) is 0 Å². The van der Waals surface area contributed by atoms with Crippen LogP contribution in [0.1, 0.15) is 28.8 Å². The maximum Gasteiger partial charge on any atom is 0.416 e. The lowest BCUT2D eigenvalue weighted by Crippen LogP contribution is -2.26. The number of halogens is 5. The van der Waals surface area contributed by atoms with Crippen LogP contribution in [-0.4, -0.2) is 18.3 Å². The van der Waals surface area contributed by atoms with Gasteiger partial charge in [0.1, 0.15) is 5.82 Å². The molecular formula is C12H12ClF4NO.